The van der Waals surface area contributed by atoms with Crippen molar-refractivity contribution in [1.82, 2.24) is 24.7 Å². The minimum absolute atomic E-state index is 0. The summed E-state index contributed by atoms with van der Waals surface area (Å²) in [5.74, 6) is 0.185. The maximum atomic E-state index is 13.2. The Bertz CT molecular complexity index is 1580. The molecule has 2 aliphatic carbocycles. The van der Waals surface area contributed by atoms with Crippen LogP contribution in [-0.2, 0) is 11.8 Å². The summed E-state index contributed by atoms with van der Waals surface area (Å²) in [5, 5.41) is 11.1. The number of fused-ring (bicyclic) bond motifs is 4. The van der Waals surface area contributed by atoms with Gasteiger partial charge in [0, 0.05) is 40.6 Å². The van der Waals surface area contributed by atoms with Crippen LogP contribution < -0.4 is 10.6 Å². The van der Waals surface area contributed by atoms with Gasteiger partial charge in [-0.2, -0.15) is 5.10 Å². The largest absolute Gasteiger partial charge is 0.339 e. The molecule has 38 heavy (non-hydrogen) atoms. The highest BCUT2D eigenvalue weighted by atomic mass is 16.2. The van der Waals surface area contributed by atoms with Crippen LogP contribution in [0.1, 0.15) is 58.9 Å². The molecule has 1 saturated carbocycles. The molecule has 0 aliphatic heterocycles. The van der Waals surface area contributed by atoms with Gasteiger partial charge in [-0.1, -0.05) is 11.6 Å². The number of hydrogen-bond donors (Lipinski definition) is 3. The zero-order valence-corrected chi connectivity index (χ0v) is 21.6. The summed E-state index contributed by atoms with van der Waals surface area (Å²) in [6, 6.07) is 5.54. The lowest BCUT2D eigenvalue weighted by Crippen LogP contribution is -2.29. The van der Waals surface area contributed by atoms with Gasteiger partial charge in [0.1, 0.15) is 5.65 Å². The summed E-state index contributed by atoms with van der Waals surface area (Å²) in [4.78, 5) is 38.5. The summed E-state index contributed by atoms with van der Waals surface area (Å²) in [6.07, 6.45) is 15.5. The van der Waals surface area contributed by atoms with E-state index < -0.39 is 0 Å². The van der Waals surface area contributed by atoms with Gasteiger partial charge in [0.2, 0.25) is 5.91 Å². The molecule has 0 radical (unpaired) electrons. The number of hydrogen-bond acceptors (Lipinski definition) is 5. The van der Waals surface area contributed by atoms with Crippen molar-refractivity contribution in [1.29, 1.82) is 0 Å². The van der Waals surface area contributed by atoms with Gasteiger partial charge in [-0.3, -0.25) is 19.3 Å². The Morgan fingerprint density at radius 2 is 1.92 bits per heavy atom. The highest BCUT2D eigenvalue weighted by molar-refractivity contribution is 6.06. The molecule has 2 amide bonds. The fourth-order valence-corrected chi connectivity index (χ4v) is 5.68. The summed E-state index contributed by atoms with van der Waals surface area (Å²) in [6.45, 7) is 1.83. The molecule has 0 saturated heterocycles. The molecule has 9 heteroatoms. The lowest BCUT2D eigenvalue weighted by molar-refractivity contribution is -0.121. The van der Waals surface area contributed by atoms with Gasteiger partial charge >= 0.3 is 0 Å². The van der Waals surface area contributed by atoms with Gasteiger partial charge in [0.05, 0.1) is 40.7 Å². The highest BCUT2D eigenvalue weighted by Crippen LogP contribution is 2.38. The first-order valence-electron chi connectivity index (χ1n) is 13.2. The molecule has 200 valence electrons. The van der Waals surface area contributed by atoms with Crippen LogP contribution in [0.4, 0.5) is 11.4 Å². The predicted molar refractivity (Wildman–Crippen MR) is 153 cm³/mol. The number of amides is 2. The molecule has 4 aromatic rings. The van der Waals surface area contributed by atoms with Gasteiger partial charge < -0.3 is 15.6 Å². The monoisotopic (exact) mass is 515 g/mol. The van der Waals surface area contributed by atoms with Crippen LogP contribution in [0.2, 0.25) is 0 Å². The number of aryl methyl sites for hydroxylation is 2. The second-order valence-corrected chi connectivity index (χ2v) is 10.4. The van der Waals surface area contributed by atoms with Crippen molar-refractivity contribution in [3.05, 3.63) is 65.9 Å². The number of nitrogens with zero attached hydrogens (tertiary/aromatic N) is 4. The van der Waals surface area contributed by atoms with E-state index in [1.165, 1.54) is 5.57 Å². The summed E-state index contributed by atoms with van der Waals surface area (Å²) in [7, 11) is 1.87. The number of pyridine rings is 2. The topological polar surface area (TPSA) is 118 Å². The van der Waals surface area contributed by atoms with Crippen molar-refractivity contribution < 1.29 is 13.9 Å². The molecule has 2 bridgehead atoms. The van der Waals surface area contributed by atoms with Crippen molar-refractivity contribution >= 4 is 34.2 Å². The van der Waals surface area contributed by atoms with Gasteiger partial charge in [-0.05, 0) is 69.6 Å². The third-order valence-corrected chi connectivity index (χ3v) is 7.84. The van der Waals surface area contributed by atoms with Crippen LogP contribution >= 0.6 is 0 Å². The predicted octanol–water partition coefficient (Wildman–Crippen LogP) is 6.12. The molecule has 6 rings (SSSR count). The Hall–Kier alpha value is -4.27. The summed E-state index contributed by atoms with van der Waals surface area (Å²) >= 11 is 0. The number of carbonyl (C=O) groups is 2. The number of aromatic nitrogens is 5. The maximum Gasteiger partial charge on any atom is 0.257 e. The molecule has 3 N–H and O–H groups in total. The smallest absolute Gasteiger partial charge is 0.257 e. The van der Waals surface area contributed by atoms with Crippen LogP contribution in [0.25, 0.3) is 22.3 Å². The first-order valence-corrected chi connectivity index (χ1v) is 13.2. The van der Waals surface area contributed by atoms with Gasteiger partial charge in [0.15, 0.2) is 0 Å². The zero-order chi connectivity index (χ0) is 26.2. The molecular weight excluding hydrogens is 478 g/mol. The van der Waals surface area contributed by atoms with E-state index in [1.807, 2.05) is 26.2 Å². The van der Waals surface area contributed by atoms with E-state index in [1.54, 1.807) is 35.4 Å². The minimum atomic E-state index is -0.290. The van der Waals surface area contributed by atoms with Gasteiger partial charge in [-0.15, -0.1) is 0 Å². The summed E-state index contributed by atoms with van der Waals surface area (Å²) in [5.41, 5.74) is 6.28. The summed E-state index contributed by atoms with van der Waals surface area (Å²) < 4.78 is 1.74. The minimum Gasteiger partial charge on any atom is -0.339 e. The van der Waals surface area contributed by atoms with E-state index in [0.717, 1.165) is 55.2 Å². The van der Waals surface area contributed by atoms with Crippen molar-refractivity contribution in [2.45, 2.75) is 45.4 Å². The van der Waals surface area contributed by atoms with E-state index in [9.17, 15) is 9.59 Å². The Labute approximate surface area is 225 Å². The molecule has 2 aliphatic rings. The molecule has 4 aromatic heterocycles. The average Bonchev–Trinajstić information content (AvgIpc) is 3.37. The lowest BCUT2D eigenvalue weighted by Gasteiger charge is -2.24. The van der Waals surface area contributed by atoms with Crippen molar-refractivity contribution in [3.8, 4) is 11.3 Å². The molecule has 4 heterocycles. The standard InChI is InChI=1S/C29H31N7O2.3H2/c1-17-25(12-23(15-30-17)33-29(38)24-9-7-18-4-3-5-19(24)8-6-18)35-28(37)21-10-20-11-26(34-27(20)31-13-21)22-14-32-36(2)16-22;;;/h4,10-16,19,24H,3,5-9H2,1-2H3,(H,31,34)(H,33,38)(H,35,37);3*1H. The van der Waals surface area contributed by atoms with E-state index in [0.29, 0.717) is 34.2 Å². The quantitative estimate of drug-likeness (QED) is 0.277. The Morgan fingerprint density at radius 3 is 2.76 bits per heavy atom. The number of nitrogens with one attached hydrogen (secondary N) is 3. The van der Waals surface area contributed by atoms with Crippen molar-refractivity contribution in [2.24, 2.45) is 18.9 Å². The first kappa shape index (κ1) is 24.1. The molecule has 1 fully saturated rings. The van der Waals surface area contributed by atoms with E-state index in [2.05, 4.69) is 36.8 Å². The fraction of sp³-hybridized carbons (Fsp3) is 0.345. The van der Waals surface area contributed by atoms with E-state index in [-0.39, 0.29) is 22.0 Å². The fourth-order valence-electron chi connectivity index (χ4n) is 5.68. The van der Waals surface area contributed by atoms with Crippen LogP contribution in [0, 0.1) is 18.8 Å². The Balaban J connectivity index is 0.00000154. The van der Waals surface area contributed by atoms with Crippen molar-refractivity contribution in [3.63, 3.8) is 0 Å². The molecule has 9 nitrogen and oxygen atoms in total. The Kier molecular flexibility index (Phi) is 6.27. The Morgan fingerprint density at radius 1 is 1.05 bits per heavy atom. The SMILES string of the molecule is Cc1ncc(NC(=O)C2CCC3=CCCC2CC3)cc1NC(=O)c1cnc2[nH]c(-c3cnn(C)c3)cc2c1.[HH].[HH].[HH]. The number of H-pyrrole nitrogens is 1. The second kappa shape index (κ2) is 9.89. The van der Waals surface area contributed by atoms with Gasteiger partial charge in [0.25, 0.3) is 5.91 Å². The van der Waals surface area contributed by atoms with Crippen molar-refractivity contribution in [2.75, 3.05) is 10.6 Å². The third-order valence-electron chi connectivity index (χ3n) is 7.84. The normalized spacial score (nSPS) is 19.1. The molecule has 0 aromatic carbocycles. The highest BCUT2D eigenvalue weighted by Gasteiger charge is 2.32. The third kappa shape index (κ3) is 4.83. The zero-order valence-electron chi connectivity index (χ0n) is 21.6. The molecule has 0 spiro atoms. The number of anilines is 2. The van der Waals surface area contributed by atoms with Crippen LogP contribution in [-0.4, -0.2) is 36.5 Å². The average molecular weight is 516 g/mol. The van der Waals surface area contributed by atoms with Crippen LogP contribution in [0.5, 0.6) is 0 Å². The second-order valence-electron chi connectivity index (χ2n) is 10.4. The van der Waals surface area contributed by atoms with E-state index in [4.69, 9.17) is 0 Å². The van der Waals surface area contributed by atoms with Gasteiger partial charge in [-0.25, -0.2) is 4.98 Å². The first-order chi connectivity index (χ1) is 18.4. The molecular formula is C29H37N7O2. The van der Waals surface area contributed by atoms with Crippen LogP contribution in [0.3, 0.4) is 0 Å². The molecule has 2 atom stereocenters. The van der Waals surface area contributed by atoms with Crippen LogP contribution in [0.15, 0.2) is 54.6 Å². The molecule has 2 unspecified atom stereocenters. The number of aromatic amines is 1. The number of carbonyl (C=O) groups excluding carboxylic acids is 2. The number of allylic oxidation sites excluding steroid dienone is 2. The van der Waals surface area contributed by atoms with E-state index >= 15 is 0 Å². The maximum absolute atomic E-state index is 13.2. The lowest BCUT2D eigenvalue weighted by atomic mass is 9.83. The number of rotatable bonds is 5.